The molecule has 2 heterocycles. The summed E-state index contributed by atoms with van der Waals surface area (Å²) in [6.45, 7) is 7.50. The number of anilines is 1. The number of carbonyl (C=O) groups is 1. The Labute approximate surface area is 204 Å². The monoisotopic (exact) mass is 474 g/mol. The van der Waals surface area contributed by atoms with Crippen molar-refractivity contribution in [1.82, 2.24) is 20.0 Å². The van der Waals surface area contributed by atoms with Crippen LogP contribution in [-0.2, 0) is 4.74 Å². The minimum absolute atomic E-state index is 0.149. The van der Waals surface area contributed by atoms with Crippen molar-refractivity contribution >= 4 is 40.1 Å². The second kappa shape index (κ2) is 11.0. The molecule has 9 heteroatoms. The molecule has 0 bridgehead atoms. The Morgan fingerprint density at radius 3 is 2.54 bits per heavy atom. The minimum Gasteiger partial charge on any atom is -0.494 e. The third-order valence-electron chi connectivity index (χ3n) is 5.27. The molecule has 9 nitrogen and oxygen atoms in total. The summed E-state index contributed by atoms with van der Waals surface area (Å²) in [5.74, 6) is 0.635. The number of amides is 1. The maximum Gasteiger partial charge on any atom is 0.257 e. The quantitative estimate of drug-likeness (QED) is 0.265. The zero-order valence-corrected chi connectivity index (χ0v) is 20.2. The highest BCUT2D eigenvalue weighted by molar-refractivity contribution is 6.10. The molecule has 1 amide bonds. The first kappa shape index (κ1) is 24.2. The van der Waals surface area contributed by atoms with E-state index in [1.54, 1.807) is 6.21 Å². The molecule has 4 aromatic rings. The average molecular weight is 475 g/mol. The molecule has 0 atom stereocenters. The molecule has 182 valence electrons. The highest BCUT2D eigenvalue weighted by Crippen LogP contribution is 2.27. The number of carbonyl (C=O) groups excluding carboxylic acids is 1. The Bertz CT molecular complexity index is 1340. The fourth-order valence-electron chi connectivity index (χ4n) is 3.61. The molecule has 0 unspecified atom stereocenters. The average Bonchev–Trinajstić information content (AvgIpc) is 3.11. The van der Waals surface area contributed by atoms with Crippen LogP contribution in [-0.4, -0.2) is 52.6 Å². The van der Waals surface area contributed by atoms with E-state index in [1.165, 1.54) is 4.68 Å². The number of aromatic nitrogens is 3. The van der Waals surface area contributed by atoms with Crippen LogP contribution >= 0.6 is 0 Å². The SMILES string of the molecule is CCOc1ccc(/C=N/n2c(N)c(C(=O)NCCCOC(C)C)c3nc4ccccc4nc32)cc1. The topological polar surface area (TPSA) is 117 Å². The Hall–Kier alpha value is -3.98. The van der Waals surface area contributed by atoms with Crippen LogP contribution in [0.15, 0.2) is 53.6 Å². The second-order valence-corrected chi connectivity index (χ2v) is 8.23. The molecule has 2 aromatic carbocycles. The van der Waals surface area contributed by atoms with E-state index in [2.05, 4.69) is 10.4 Å². The first-order chi connectivity index (χ1) is 17.0. The van der Waals surface area contributed by atoms with Crippen LogP contribution in [0.25, 0.3) is 22.2 Å². The molecule has 0 radical (unpaired) electrons. The van der Waals surface area contributed by atoms with Gasteiger partial charge < -0.3 is 20.5 Å². The van der Waals surface area contributed by atoms with Crippen LogP contribution in [0, 0.1) is 0 Å². The van der Waals surface area contributed by atoms with Gasteiger partial charge in [0.15, 0.2) is 5.65 Å². The highest BCUT2D eigenvalue weighted by Gasteiger charge is 2.23. The second-order valence-electron chi connectivity index (χ2n) is 8.23. The molecule has 0 spiro atoms. The van der Waals surface area contributed by atoms with Crippen LogP contribution in [0.5, 0.6) is 5.75 Å². The zero-order valence-electron chi connectivity index (χ0n) is 20.2. The van der Waals surface area contributed by atoms with Gasteiger partial charge in [-0.2, -0.15) is 9.78 Å². The fraction of sp³-hybridized carbons (Fsp3) is 0.308. The van der Waals surface area contributed by atoms with E-state index in [1.807, 2.05) is 69.3 Å². The summed E-state index contributed by atoms with van der Waals surface area (Å²) in [4.78, 5) is 22.5. The van der Waals surface area contributed by atoms with Crippen molar-refractivity contribution < 1.29 is 14.3 Å². The van der Waals surface area contributed by atoms with Gasteiger partial charge in [0.1, 0.15) is 22.6 Å². The standard InChI is InChI=1S/C26H30N6O3/c1-4-34-19-12-10-18(11-13-19)16-29-32-24(27)22(26(33)28-14-7-15-35-17(2)3)23-25(32)31-21-9-6-5-8-20(21)30-23/h5-6,8-13,16-17H,4,7,14-15,27H2,1-3H3,(H,28,33)/b29-16+. The zero-order chi connectivity index (χ0) is 24.8. The Morgan fingerprint density at radius 2 is 1.86 bits per heavy atom. The fourth-order valence-corrected chi connectivity index (χ4v) is 3.61. The largest absolute Gasteiger partial charge is 0.494 e. The van der Waals surface area contributed by atoms with Crippen LogP contribution in [0.2, 0.25) is 0 Å². The van der Waals surface area contributed by atoms with E-state index >= 15 is 0 Å². The maximum absolute atomic E-state index is 13.1. The molecule has 2 aromatic heterocycles. The number of para-hydroxylation sites is 2. The minimum atomic E-state index is -0.323. The summed E-state index contributed by atoms with van der Waals surface area (Å²) in [5.41, 5.74) is 9.72. The van der Waals surface area contributed by atoms with Gasteiger partial charge in [0.05, 0.1) is 30.0 Å². The van der Waals surface area contributed by atoms with Gasteiger partial charge in [0, 0.05) is 13.2 Å². The van der Waals surface area contributed by atoms with E-state index < -0.39 is 0 Å². The number of nitrogens with two attached hydrogens (primary N) is 1. The Balaban J connectivity index is 1.68. The van der Waals surface area contributed by atoms with Crippen molar-refractivity contribution in [1.29, 1.82) is 0 Å². The van der Waals surface area contributed by atoms with Crippen molar-refractivity contribution in [2.45, 2.75) is 33.3 Å². The smallest absolute Gasteiger partial charge is 0.257 e. The lowest BCUT2D eigenvalue weighted by Crippen LogP contribution is -2.26. The van der Waals surface area contributed by atoms with E-state index in [-0.39, 0.29) is 23.4 Å². The number of hydrogen-bond acceptors (Lipinski definition) is 7. The first-order valence-electron chi connectivity index (χ1n) is 11.7. The van der Waals surface area contributed by atoms with Gasteiger partial charge in [-0.25, -0.2) is 9.97 Å². The molecule has 35 heavy (non-hydrogen) atoms. The number of nitrogen functional groups attached to an aromatic ring is 1. The van der Waals surface area contributed by atoms with Crippen molar-refractivity contribution in [2.24, 2.45) is 5.10 Å². The molecule has 0 aliphatic heterocycles. The van der Waals surface area contributed by atoms with Crippen LogP contribution in [0.1, 0.15) is 43.1 Å². The predicted molar refractivity (Wildman–Crippen MR) is 138 cm³/mol. The molecular formula is C26H30N6O3. The molecule has 0 aliphatic rings. The Kier molecular flexibility index (Phi) is 7.57. The van der Waals surface area contributed by atoms with Crippen molar-refractivity contribution in [2.75, 3.05) is 25.5 Å². The molecule has 0 saturated carbocycles. The van der Waals surface area contributed by atoms with Crippen molar-refractivity contribution in [3.8, 4) is 5.75 Å². The molecule has 4 rings (SSSR count). The molecule has 3 N–H and O–H groups in total. The lowest BCUT2D eigenvalue weighted by atomic mass is 10.2. The summed E-state index contributed by atoms with van der Waals surface area (Å²) < 4.78 is 12.5. The lowest BCUT2D eigenvalue weighted by Gasteiger charge is -2.08. The number of nitrogens with one attached hydrogen (secondary N) is 1. The third-order valence-corrected chi connectivity index (χ3v) is 5.27. The van der Waals surface area contributed by atoms with Gasteiger partial charge in [-0.3, -0.25) is 4.79 Å². The first-order valence-corrected chi connectivity index (χ1v) is 11.7. The maximum atomic E-state index is 13.1. The summed E-state index contributed by atoms with van der Waals surface area (Å²) >= 11 is 0. The highest BCUT2D eigenvalue weighted by atomic mass is 16.5. The lowest BCUT2D eigenvalue weighted by molar-refractivity contribution is 0.0757. The number of rotatable bonds is 10. The molecular weight excluding hydrogens is 444 g/mol. The van der Waals surface area contributed by atoms with Crippen LogP contribution in [0.3, 0.4) is 0 Å². The third kappa shape index (κ3) is 5.58. The normalized spacial score (nSPS) is 11.7. The van der Waals surface area contributed by atoms with Crippen LogP contribution in [0.4, 0.5) is 5.82 Å². The summed E-state index contributed by atoms with van der Waals surface area (Å²) in [6, 6.07) is 15.0. The van der Waals surface area contributed by atoms with Crippen molar-refractivity contribution in [3.63, 3.8) is 0 Å². The van der Waals surface area contributed by atoms with E-state index in [0.29, 0.717) is 48.4 Å². The van der Waals surface area contributed by atoms with Gasteiger partial charge in [-0.15, -0.1) is 0 Å². The molecule has 0 saturated heterocycles. The van der Waals surface area contributed by atoms with Gasteiger partial charge in [0.2, 0.25) is 0 Å². The van der Waals surface area contributed by atoms with E-state index in [0.717, 1.165) is 11.3 Å². The molecule has 0 fully saturated rings. The Morgan fingerprint density at radius 1 is 1.14 bits per heavy atom. The van der Waals surface area contributed by atoms with E-state index in [9.17, 15) is 4.79 Å². The number of benzene rings is 2. The van der Waals surface area contributed by atoms with Gasteiger partial charge in [0.25, 0.3) is 5.91 Å². The predicted octanol–water partition coefficient (Wildman–Crippen LogP) is 3.99. The summed E-state index contributed by atoms with van der Waals surface area (Å²) in [6.07, 6.45) is 2.50. The van der Waals surface area contributed by atoms with Crippen LogP contribution < -0.4 is 15.8 Å². The number of fused-ring (bicyclic) bond motifs is 2. The number of hydrogen-bond donors (Lipinski definition) is 2. The van der Waals surface area contributed by atoms with Gasteiger partial charge in [-0.05, 0) is 69.2 Å². The van der Waals surface area contributed by atoms with Gasteiger partial charge in [-0.1, -0.05) is 12.1 Å². The summed E-state index contributed by atoms with van der Waals surface area (Å²) in [7, 11) is 0. The van der Waals surface area contributed by atoms with Gasteiger partial charge >= 0.3 is 0 Å². The number of nitrogens with zero attached hydrogens (tertiary/aromatic N) is 4. The van der Waals surface area contributed by atoms with E-state index in [4.69, 9.17) is 25.2 Å². The molecule has 0 aliphatic carbocycles. The number of ether oxygens (including phenoxy) is 2. The van der Waals surface area contributed by atoms with Crippen molar-refractivity contribution in [3.05, 3.63) is 59.7 Å². The summed E-state index contributed by atoms with van der Waals surface area (Å²) in [5, 5.41) is 7.46.